The van der Waals surface area contributed by atoms with Crippen molar-refractivity contribution in [1.29, 1.82) is 0 Å². The zero-order valence-corrected chi connectivity index (χ0v) is 11.3. The molecule has 0 aliphatic carbocycles. The molecule has 0 radical (unpaired) electrons. The van der Waals surface area contributed by atoms with E-state index in [1.54, 1.807) is 6.92 Å². The average molecular weight is 249 g/mol. The van der Waals surface area contributed by atoms with Crippen molar-refractivity contribution in [1.82, 2.24) is 0 Å². The zero-order chi connectivity index (χ0) is 13.4. The van der Waals surface area contributed by atoms with E-state index in [2.05, 4.69) is 6.07 Å². The van der Waals surface area contributed by atoms with Crippen molar-refractivity contribution in [2.75, 3.05) is 13.2 Å². The fourth-order valence-corrected chi connectivity index (χ4v) is 1.65. The van der Waals surface area contributed by atoms with Gasteiger partial charge in [0.15, 0.2) is 0 Å². The van der Waals surface area contributed by atoms with Gasteiger partial charge in [0.25, 0.3) is 0 Å². The Hall–Kier alpha value is -1.35. The highest BCUT2D eigenvalue weighted by Crippen LogP contribution is 2.17. The predicted octanol–water partition coefficient (Wildman–Crippen LogP) is 2.57. The van der Waals surface area contributed by atoms with Crippen LogP contribution in [0.25, 0.3) is 0 Å². The number of carbonyl (C=O) groups is 1. The summed E-state index contributed by atoms with van der Waals surface area (Å²) in [5.41, 5.74) is 6.64. The van der Waals surface area contributed by atoms with Crippen molar-refractivity contribution >= 4 is 5.78 Å². The number of ether oxygens (including phenoxy) is 1. The van der Waals surface area contributed by atoms with Gasteiger partial charge in [-0.05, 0) is 50.4 Å². The Kier molecular flexibility index (Phi) is 6.44. The smallest absolute Gasteiger partial charge is 0.132 e. The Morgan fingerprint density at radius 1 is 1.44 bits per heavy atom. The molecule has 2 N–H and O–H groups in total. The molecule has 0 aliphatic rings. The maximum absolute atomic E-state index is 11.2. The molecule has 1 rings (SSSR count). The van der Waals surface area contributed by atoms with Gasteiger partial charge < -0.3 is 10.5 Å². The van der Waals surface area contributed by atoms with Crippen LogP contribution in [0.3, 0.4) is 0 Å². The van der Waals surface area contributed by atoms with Crippen molar-refractivity contribution in [3.05, 3.63) is 29.8 Å². The Balaban J connectivity index is 2.46. The second-order valence-corrected chi connectivity index (χ2v) is 4.69. The first-order chi connectivity index (χ1) is 8.63. The quantitative estimate of drug-likeness (QED) is 0.720. The van der Waals surface area contributed by atoms with Gasteiger partial charge in [-0.2, -0.15) is 0 Å². The van der Waals surface area contributed by atoms with E-state index in [-0.39, 0.29) is 11.7 Å². The van der Waals surface area contributed by atoms with Crippen LogP contribution in [0.5, 0.6) is 5.75 Å². The molecule has 3 nitrogen and oxygen atoms in total. The van der Waals surface area contributed by atoms with Crippen LogP contribution in [0.1, 0.15) is 32.3 Å². The molecule has 0 aromatic heterocycles. The summed E-state index contributed by atoms with van der Waals surface area (Å²) in [6.45, 7) is 4.93. The largest absolute Gasteiger partial charge is 0.494 e. The van der Waals surface area contributed by atoms with Crippen LogP contribution in [-0.4, -0.2) is 18.9 Å². The lowest BCUT2D eigenvalue weighted by atomic mass is 9.98. The Bertz CT molecular complexity index is 377. The van der Waals surface area contributed by atoms with Crippen LogP contribution in [0.15, 0.2) is 24.3 Å². The van der Waals surface area contributed by atoms with Gasteiger partial charge in [0.1, 0.15) is 11.5 Å². The number of hydrogen-bond donors (Lipinski definition) is 1. The SMILES string of the molecule is CC(=O)C(C)CCc1cccc(OCCCN)c1. The molecule has 1 unspecified atom stereocenters. The van der Waals surface area contributed by atoms with E-state index in [0.717, 1.165) is 25.0 Å². The number of carbonyl (C=O) groups excluding carboxylic acids is 1. The molecule has 100 valence electrons. The van der Waals surface area contributed by atoms with E-state index in [1.165, 1.54) is 5.56 Å². The average Bonchev–Trinajstić information content (AvgIpc) is 2.36. The summed E-state index contributed by atoms with van der Waals surface area (Å²) in [6, 6.07) is 8.06. The van der Waals surface area contributed by atoms with Gasteiger partial charge in [0, 0.05) is 5.92 Å². The maximum atomic E-state index is 11.2. The minimum atomic E-state index is 0.131. The Morgan fingerprint density at radius 3 is 2.89 bits per heavy atom. The van der Waals surface area contributed by atoms with Crippen LogP contribution in [0, 0.1) is 5.92 Å². The molecule has 1 aromatic carbocycles. The van der Waals surface area contributed by atoms with Crippen molar-refractivity contribution in [2.45, 2.75) is 33.1 Å². The van der Waals surface area contributed by atoms with Crippen LogP contribution < -0.4 is 10.5 Å². The molecular formula is C15H23NO2. The molecular weight excluding hydrogens is 226 g/mol. The lowest BCUT2D eigenvalue weighted by molar-refractivity contribution is -0.120. The second-order valence-electron chi connectivity index (χ2n) is 4.69. The number of Topliss-reactive ketones (excluding diaryl/α,β-unsaturated/α-hetero) is 1. The number of benzene rings is 1. The molecule has 0 heterocycles. The summed E-state index contributed by atoms with van der Waals surface area (Å²) in [6.07, 6.45) is 2.67. The lowest BCUT2D eigenvalue weighted by Crippen LogP contribution is -2.08. The third kappa shape index (κ3) is 5.32. The minimum absolute atomic E-state index is 0.131. The molecule has 0 saturated heterocycles. The van der Waals surface area contributed by atoms with E-state index in [9.17, 15) is 4.79 Å². The summed E-state index contributed by atoms with van der Waals surface area (Å²) in [5, 5.41) is 0. The molecule has 0 bridgehead atoms. The van der Waals surface area contributed by atoms with Gasteiger partial charge in [-0.3, -0.25) is 4.79 Å². The molecule has 0 aliphatic heterocycles. The lowest BCUT2D eigenvalue weighted by Gasteiger charge is -2.09. The number of hydrogen-bond acceptors (Lipinski definition) is 3. The fourth-order valence-electron chi connectivity index (χ4n) is 1.65. The number of ketones is 1. The Morgan fingerprint density at radius 2 is 2.22 bits per heavy atom. The van der Waals surface area contributed by atoms with Gasteiger partial charge >= 0.3 is 0 Å². The highest BCUT2D eigenvalue weighted by atomic mass is 16.5. The monoisotopic (exact) mass is 249 g/mol. The third-order valence-corrected chi connectivity index (χ3v) is 3.08. The topological polar surface area (TPSA) is 52.3 Å². The maximum Gasteiger partial charge on any atom is 0.132 e. The van der Waals surface area contributed by atoms with Crippen LogP contribution in [-0.2, 0) is 11.2 Å². The van der Waals surface area contributed by atoms with Crippen molar-refractivity contribution < 1.29 is 9.53 Å². The fraction of sp³-hybridized carbons (Fsp3) is 0.533. The number of rotatable bonds is 8. The molecule has 0 fully saturated rings. The second kappa shape index (κ2) is 7.88. The van der Waals surface area contributed by atoms with Gasteiger partial charge in [0.2, 0.25) is 0 Å². The predicted molar refractivity (Wildman–Crippen MR) is 73.8 cm³/mol. The van der Waals surface area contributed by atoms with Crippen LogP contribution in [0.2, 0.25) is 0 Å². The first-order valence-electron chi connectivity index (χ1n) is 6.55. The molecule has 1 atom stereocenters. The van der Waals surface area contributed by atoms with Crippen molar-refractivity contribution in [3.8, 4) is 5.75 Å². The Labute approximate surface area is 109 Å². The zero-order valence-electron chi connectivity index (χ0n) is 11.3. The normalized spacial score (nSPS) is 12.2. The summed E-state index contributed by atoms with van der Waals surface area (Å²) >= 11 is 0. The minimum Gasteiger partial charge on any atom is -0.494 e. The highest BCUT2D eigenvalue weighted by molar-refractivity contribution is 5.77. The van der Waals surface area contributed by atoms with E-state index in [1.807, 2.05) is 25.1 Å². The number of aryl methyl sites for hydroxylation is 1. The van der Waals surface area contributed by atoms with Gasteiger partial charge in [-0.25, -0.2) is 0 Å². The summed E-state index contributed by atoms with van der Waals surface area (Å²) in [7, 11) is 0. The molecule has 0 amide bonds. The van der Waals surface area contributed by atoms with E-state index in [0.29, 0.717) is 13.2 Å². The summed E-state index contributed by atoms with van der Waals surface area (Å²) in [4.78, 5) is 11.2. The number of nitrogens with two attached hydrogens (primary N) is 1. The highest BCUT2D eigenvalue weighted by Gasteiger charge is 2.07. The van der Waals surface area contributed by atoms with Crippen LogP contribution in [0.4, 0.5) is 0 Å². The first-order valence-corrected chi connectivity index (χ1v) is 6.55. The standard InChI is InChI=1S/C15H23NO2/c1-12(13(2)17)7-8-14-5-3-6-15(11-14)18-10-4-9-16/h3,5-6,11-12H,4,7-10,16H2,1-2H3. The molecule has 0 saturated carbocycles. The molecule has 0 spiro atoms. The van der Waals surface area contributed by atoms with Gasteiger partial charge in [-0.15, -0.1) is 0 Å². The van der Waals surface area contributed by atoms with Gasteiger partial charge in [0.05, 0.1) is 6.61 Å². The summed E-state index contributed by atoms with van der Waals surface area (Å²) in [5.74, 6) is 1.27. The van der Waals surface area contributed by atoms with Crippen molar-refractivity contribution in [2.24, 2.45) is 11.7 Å². The first kappa shape index (κ1) is 14.7. The van der Waals surface area contributed by atoms with E-state index < -0.39 is 0 Å². The summed E-state index contributed by atoms with van der Waals surface area (Å²) < 4.78 is 5.59. The van der Waals surface area contributed by atoms with Gasteiger partial charge in [-0.1, -0.05) is 19.1 Å². The van der Waals surface area contributed by atoms with E-state index in [4.69, 9.17) is 10.5 Å². The van der Waals surface area contributed by atoms with Crippen molar-refractivity contribution in [3.63, 3.8) is 0 Å². The molecule has 1 aromatic rings. The van der Waals surface area contributed by atoms with Crippen LogP contribution >= 0.6 is 0 Å². The molecule has 3 heteroatoms. The molecule has 18 heavy (non-hydrogen) atoms. The third-order valence-electron chi connectivity index (χ3n) is 3.08. The van der Waals surface area contributed by atoms with E-state index >= 15 is 0 Å².